The SMILES string of the molecule is O=c1[nH]c(Nc2ccc3c(c2)OCCO3)c(-c2ccc3c(c2)OCCO3)n1-c1ccc2nc[nH]c2c1. The third kappa shape index (κ3) is 3.42. The fourth-order valence-corrected chi connectivity index (χ4v) is 4.56. The molecule has 0 unspecified atom stereocenters. The van der Waals surface area contributed by atoms with E-state index < -0.39 is 0 Å². The van der Waals surface area contributed by atoms with Gasteiger partial charge in [-0.15, -0.1) is 0 Å². The van der Waals surface area contributed by atoms with Gasteiger partial charge in [0.25, 0.3) is 0 Å². The van der Waals surface area contributed by atoms with Crippen molar-refractivity contribution >= 4 is 22.5 Å². The lowest BCUT2D eigenvalue weighted by atomic mass is 10.1. The number of nitrogens with one attached hydrogen (secondary N) is 3. The predicted octanol–water partition coefficient (Wildman–Crippen LogP) is 3.99. The van der Waals surface area contributed by atoms with E-state index >= 15 is 0 Å². The van der Waals surface area contributed by atoms with Gasteiger partial charge in [0.05, 0.1) is 28.7 Å². The highest BCUT2D eigenvalue weighted by atomic mass is 16.6. The van der Waals surface area contributed by atoms with Gasteiger partial charge in [0, 0.05) is 17.3 Å². The zero-order chi connectivity index (χ0) is 24.1. The number of fused-ring (bicyclic) bond motifs is 3. The summed E-state index contributed by atoms with van der Waals surface area (Å²) in [5.74, 6) is 3.18. The summed E-state index contributed by atoms with van der Waals surface area (Å²) in [5, 5.41) is 3.36. The summed E-state index contributed by atoms with van der Waals surface area (Å²) in [7, 11) is 0. The lowest BCUT2D eigenvalue weighted by Crippen LogP contribution is -2.16. The number of hydrogen-bond acceptors (Lipinski definition) is 7. The van der Waals surface area contributed by atoms with Crippen LogP contribution in [0.5, 0.6) is 23.0 Å². The quantitative estimate of drug-likeness (QED) is 0.354. The third-order valence-electron chi connectivity index (χ3n) is 6.18. The molecule has 4 heterocycles. The third-order valence-corrected chi connectivity index (χ3v) is 6.18. The van der Waals surface area contributed by atoms with E-state index in [0.29, 0.717) is 66.6 Å². The summed E-state index contributed by atoms with van der Waals surface area (Å²) < 4.78 is 24.5. The second-order valence-corrected chi connectivity index (χ2v) is 8.44. The van der Waals surface area contributed by atoms with Crippen molar-refractivity contribution in [2.75, 3.05) is 31.7 Å². The van der Waals surface area contributed by atoms with Crippen LogP contribution < -0.4 is 30.0 Å². The number of H-pyrrole nitrogens is 2. The average Bonchev–Trinajstić information content (AvgIpc) is 3.51. The van der Waals surface area contributed by atoms with Crippen molar-refractivity contribution in [1.82, 2.24) is 19.5 Å². The molecule has 180 valence electrons. The lowest BCUT2D eigenvalue weighted by molar-refractivity contribution is 0.171. The van der Waals surface area contributed by atoms with Crippen LogP contribution >= 0.6 is 0 Å². The van der Waals surface area contributed by atoms with Crippen LogP contribution in [0.2, 0.25) is 0 Å². The van der Waals surface area contributed by atoms with Gasteiger partial charge in [-0.3, -0.25) is 9.55 Å². The van der Waals surface area contributed by atoms with Gasteiger partial charge >= 0.3 is 5.69 Å². The Morgan fingerprint density at radius 3 is 2.33 bits per heavy atom. The highest BCUT2D eigenvalue weighted by Gasteiger charge is 2.22. The normalized spacial score (nSPS) is 14.1. The van der Waals surface area contributed by atoms with Crippen molar-refractivity contribution in [3.05, 3.63) is 71.4 Å². The Morgan fingerprint density at radius 2 is 1.53 bits per heavy atom. The number of hydrogen-bond donors (Lipinski definition) is 3. The molecule has 0 amide bonds. The van der Waals surface area contributed by atoms with E-state index in [1.807, 2.05) is 54.6 Å². The zero-order valence-electron chi connectivity index (χ0n) is 19.0. The molecule has 3 aromatic carbocycles. The van der Waals surface area contributed by atoms with E-state index in [0.717, 1.165) is 22.3 Å². The van der Waals surface area contributed by atoms with E-state index in [2.05, 4.69) is 20.3 Å². The molecule has 10 heteroatoms. The Bertz CT molecular complexity index is 1670. The van der Waals surface area contributed by atoms with Crippen molar-refractivity contribution in [3.8, 4) is 39.9 Å². The highest BCUT2D eigenvalue weighted by Crippen LogP contribution is 2.39. The number of rotatable bonds is 4. The average molecular weight is 483 g/mol. The Balaban J connectivity index is 1.39. The molecule has 2 aromatic heterocycles. The number of imidazole rings is 2. The van der Waals surface area contributed by atoms with Crippen molar-refractivity contribution in [3.63, 3.8) is 0 Å². The second-order valence-electron chi connectivity index (χ2n) is 8.44. The summed E-state index contributed by atoms with van der Waals surface area (Å²) in [5.41, 5.74) is 4.21. The molecule has 10 nitrogen and oxygen atoms in total. The number of aromatic amines is 2. The van der Waals surface area contributed by atoms with Gasteiger partial charge < -0.3 is 29.2 Å². The van der Waals surface area contributed by atoms with Crippen LogP contribution in [0.3, 0.4) is 0 Å². The fourth-order valence-electron chi connectivity index (χ4n) is 4.56. The van der Waals surface area contributed by atoms with Gasteiger partial charge in [0.2, 0.25) is 0 Å². The van der Waals surface area contributed by atoms with Gasteiger partial charge in [0.1, 0.15) is 32.2 Å². The highest BCUT2D eigenvalue weighted by molar-refractivity contribution is 5.82. The van der Waals surface area contributed by atoms with Crippen LogP contribution in [-0.2, 0) is 0 Å². The van der Waals surface area contributed by atoms with E-state index in [1.54, 1.807) is 10.9 Å². The molecule has 0 radical (unpaired) electrons. The standard InChI is InChI=1S/C26H21N5O5/c32-26-30-25(29-16-2-6-21-23(12-16)36-10-8-34-21)24(15-1-5-20-22(11-15)35-9-7-33-20)31(26)17-3-4-18-19(13-17)28-14-27-18/h1-6,11-14,29H,7-10H2,(H,27,28)(H,30,32). The topological polar surface area (TPSA) is 115 Å². The molecular weight excluding hydrogens is 462 g/mol. The summed E-state index contributed by atoms with van der Waals surface area (Å²) in [6.07, 6.45) is 1.63. The molecule has 2 aliphatic rings. The number of anilines is 2. The number of benzene rings is 3. The zero-order valence-corrected chi connectivity index (χ0v) is 19.0. The van der Waals surface area contributed by atoms with Crippen molar-refractivity contribution in [1.29, 1.82) is 0 Å². The van der Waals surface area contributed by atoms with Gasteiger partial charge in [-0.1, -0.05) is 0 Å². The first-order valence-electron chi connectivity index (χ1n) is 11.6. The molecule has 5 aromatic rings. The lowest BCUT2D eigenvalue weighted by Gasteiger charge is -2.20. The first-order chi connectivity index (χ1) is 17.7. The van der Waals surface area contributed by atoms with Crippen LogP contribution in [0.25, 0.3) is 28.0 Å². The Morgan fingerprint density at radius 1 is 0.806 bits per heavy atom. The molecule has 3 N–H and O–H groups in total. The molecule has 7 rings (SSSR count). The molecule has 2 aliphatic heterocycles. The molecule has 0 bridgehead atoms. The Kier molecular flexibility index (Phi) is 4.63. The van der Waals surface area contributed by atoms with Gasteiger partial charge in [-0.25, -0.2) is 9.78 Å². The number of ether oxygens (including phenoxy) is 4. The maximum atomic E-state index is 13.4. The molecule has 0 saturated carbocycles. The molecule has 0 atom stereocenters. The van der Waals surface area contributed by atoms with E-state index in [-0.39, 0.29) is 5.69 Å². The van der Waals surface area contributed by atoms with E-state index in [4.69, 9.17) is 18.9 Å². The smallest absolute Gasteiger partial charge is 0.332 e. The summed E-state index contributed by atoms with van der Waals surface area (Å²) in [6, 6.07) is 16.9. The van der Waals surface area contributed by atoms with Crippen LogP contribution in [-0.4, -0.2) is 45.9 Å². The first-order valence-corrected chi connectivity index (χ1v) is 11.6. The summed E-state index contributed by atoms with van der Waals surface area (Å²) >= 11 is 0. The van der Waals surface area contributed by atoms with E-state index in [9.17, 15) is 4.79 Å². The fraction of sp³-hybridized carbons (Fsp3) is 0.154. The monoisotopic (exact) mass is 483 g/mol. The van der Waals surface area contributed by atoms with Crippen molar-refractivity contribution in [2.24, 2.45) is 0 Å². The Labute approximate surface area is 204 Å². The minimum atomic E-state index is -0.293. The van der Waals surface area contributed by atoms with Gasteiger partial charge in [0.15, 0.2) is 23.0 Å². The van der Waals surface area contributed by atoms with Gasteiger partial charge in [-0.05, 0) is 48.5 Å². The minimum absolute atomic E-state index is 0.293. The van der Waals surface area contributed by atoms with Crippen LogP contribution in [0.15, 0.2) is 65.7 Å². The molecular formula is C26H21N5O5. The molecule has 0 spiro atoms. The van der Waals surface area contributed by atoms with Crippen LogP contribution in [0.1, 0.15) is 0 Å². The largest absolute Gasteiger partial charge is 0.486 e. The molecule has 0 aliphatic carbocycles. The predicted molar refractivity (Wildman–Crippen MR) is 133 cm³/mol. The summed E-state index contributed by atoms with van der Waals surface area (Å²) in [6.45, 7) is 1.98. The van der Waals surface area contributed by atoms with E-state index in [1.165, 1.54) is 0 Å². The molecule has 0 fully saturated rings. The molecule has 0 saturated heterocycles. The second kappa shape index (κ2) is 8.12. The van der Waals surface area contributed by atoms with Crippen LogP contribution in [0, 0.1) is 0 Å². The van der Waals surface area contributed by atoms with Crippen molar-refractivity contribution < 1.29 is 18.9 Å². The minimum Gasteiger partial charge on any atom is -0.486 e. The molecule has 36 heavy (non-hydrogen) atoms. The summed E-state index contributed by atoms with van der Waals surface area (Å²) in [4.78, 5) is 23.7. The number of nitrogens with zero attached hydrogens (tertiary/aromatic N) is 2. The van der Waals surface area contributed by atoms with Crippen molar-refractivity contribution in [2.45, 2.75) is 0 Å². The first kappa shape index (κ1) is 20.5. The number of aromatic nitrogens is 4. The maximum absolute atomic E-state index is 13.4. The van der Waals surface area contributed by atoms with Crippen LogP contribution in [0.4, 0.5) is 11.5 Å². The van der Waals surface area contributed by atoms with Gasteiger partial charge in [-0.2, -0.15) is 0 Å². The maximum Gasteiger partial charge on any atom is 0.332 e. The Hall–Kier alpha value is -4.86.